The maximum atomic E-state index is 12.3. The first kappa shape index (κ1) is 14.4. The minimum atomic E-state index is -0.0943. The van der Waals surface area contributed by atoms with Crippen molar-refractivity contribution < 1.29 is 4.79 Å². The van der Waals surface area contributed by atoms with Gasteiger partial charge in [-0.1, -0.05) is 6.07 Å². The number of hydrogen-bond acceptors (Lipinski definition) is 5. The number of aromatic amines is 1. The fraction of sp³-hybridized carbons (Fsp3) is 0.333. The van der Waals surface area contributed by atoms with E-state index in [1.54, 1.807) is 17.3 Å². The normalized spacial score (nSPS) is 15.7. The molecule has 1 N–H and O–H groups in total. The van der Waals surface area contributed by atoms with Gasteiger partial charge in [0, 0.05) is 57.4 Å². The molecule has 0 radical (unpaired) electrons. The van der Waals surface area contributed by atoms with Crippen LogP contribution in [0.15, 0.2) is 41.7 Å². The number of aromatic nitrogens is 3. The van der Waals surface area contributed by atoms with Gasteiger partial charge in [0.2, 0.25) is 5.56 Å². The van der Waals surface area contributed by atoms with Gasteiger partial charge in [-0.3, -0.25) is 19.5 Å². The molecule has 0 atom stereocenters. The number of H-pyrrole nitrogens is 1. The Hall–Kier alpha value is -2.54. The number of piperazine rings is 1. The largest absolute Gasteiger partial charge is 0.335 e. The molecule has 1 saturated heterocycles. The van der Waals surface area contributed by atoms with Crippen LogP contribution >= 0.6 is 0 Å². The molecule has 2 aromatic rings. The van der Waals surface area contributed by atoms with E-state index in [1.165, 1.54) is 18.5 Å². The molecule has 22 heavy (non-hydrogen) atoms. The van der Waals surface area contributed by atoms with Gasteiger partial charge < -0.3 is 9.88 Å². The summed E-state index contributed by atoms with van der Waals surface area (Å²) in [6.45, 7) is 3.69. The molecule has 114 valence electrons. The topological polar surface area (TPSA) is 82.2 Å². The summed E-state index contributed by atoms with van der Waals surface area (Å²) in [6.07, 6.45) is 6.31. The van der Waals surface area contributed by atoms with Gasteiger partial charge in [-0.2, -0.15) is 0 Å². The summed E-state index contributed by atoms with van der Waals surface area (Å²) in [5, 5.41) is 0. The van der Waals surface area contributed by atoms with E-state index >= 15 is 0 Å². The van der Waals surface area contributed by atoms with Crippen molar-refractivity contribution in [2.45, 2.75) is 6.54 Å². The molecule has 0 aliphatic carbocycles. The van der Waals surface area contributed by atoms with E-state index < -0.39 is 0 Å². The van der Waals surface area contributed by atoms with Crippen molar-refractivity contribution in [1.82, 2.24) is 24.8 Å². The lowest BCUT2D eigenvalue weighted by atomic mass is 10.2. The Morgan fingerprint density at radius 3 is 2.64 bits per heavy atom. The quantitative estimate of drug-likeness (QED) is 0.870. The average molecular weight is 299 g/mol. The van der Waals surface area contributed by atoms with Crippen LogP contribution in [-0.4, -0.2) is 56.8 Å². The minimum Gasteiger partial charge on any atom is -0.335 e. The van der Waals surface area contributed by atoms with Crippen LogP contribution in [0, 0.1) is 0 Å². The summed E-state index contributed by atoms with van der Waals surface area (Å²) in [6, 6.07) is 3.36. The number of nitrogens with one attached hydrogen (secondary N) is 1. The van der Waals surface area contributed by atoms with Crippen molar-refractivity contribution in [3.05, 3.63) is 58.5 Å². The molecule has 0 bridgehead atoms. The molecule has 1 fully saturated rings. The van der Waals surface area contributed by atoms with Crippen molar-refractivity contribution in [1.29, 1.82) is 0 Å². The highest BCUT2D eigenvalue weighted by Crippen LogP contribution is 2.09. The fourth-order valence-corrected chi connectivity index (χ4v) is 2.48. The molecule has 3 heterocycles. The van der Waals surface area contributed by atoms with E-state index in [0.29, 0.717) is 18.8 Å². The second-order valence-corrected chi connectivity index (χ2v) is 5.22. The van der Waals surface area contributed by atoms with Gasteiger partial charge >= 0.3 is 0 Å². The number of carbonyl (C=O) groups excluding carboxylic acids is 1. The number of hydrogen-bond donors (Lipinski definition) is 1. The number of rotatable bonds is 3. The molecule has 2 aromatic heterocycles. The maximum absolute atomic E-state index is 12.3. The molecule has 0 aromatic carbocycles. The van der Waals surface area contributed by atoms with Gasteiger partial charge in [0.25, 0.3) is 5.91 Å². The zero-order valence-corrected chi connectivity index (χ0v) is 12.1. The van der Waals surface area contributed by atoms with Crippen LogP contribution in [-0.2, 0) is 6.54 Å². The monoisotopic (exact) mass is 299 g/mol. The van der Waals surface area contributed by atoms with E-state index in [9.17, 15) is 9.59 Å². The highest BCUT2D eigenvalue weighted by molar-refractivity contribution is 5.92. The van der Waals surface area contributed by atoms with Crippen LogP contribution in [0.5, 0.6) is 0 Å². The van der Waals surface area contributed by atoms with Gasteiger partial charge in [0.05, 0.1) is 6.20 Å². The highest BCUT2D eigenvalue weighted by Gasteiger charge is 2.22. The van der Waals surface area contributed by atoms with Crippen molar-refractivity contribution >= 4 is 5.91 Å². The summed E-state index contributed by atoms with van der Waals surface area (Å²) in [4.78, 5) is 38.0. The number of carbonyl (C=O) groups is 1. The van der Waals surface area contributed by atoms with Crippen LogP contribution in [0.2, 0.25) is 0 Å². The van der Waals surface area contributed by atoms with Crippen molar-refractivity contribution in [2.75, 3.05) is 26.2 Å². The Morgan fingerprint density at radius 2 is 2.00 bits per heavy atom. The van der Waals surface area contributed by atoms with Gasteiger partial charge in [-0.25, -0.2) is 4.98 Å². The zero-order chi connectivity index (χ0) is 15.4. The van der Waals surface area contributed by atoms with E-state index in [4.69, 9.17) is 0 Å². The first-order chi connectivity index (χ1) is 10.7. The summed E-state index contributed by atoms with van der Waals surface area (Å²) in [5.74, 6) is -0.0724. The average Bonchev–Trinajstić information content (AvgIpc) is 2.58. The summed E-state index contributed by atoms with van der Waals surface area (Å²) in [5.41, 5.74) is 1.35. The van der Waals surface area contributed by atoms with Crippen molar-refractivity contribution in [3.8, 4) is 0 Å². The smallest absolute Gasteiger partial charge is 0.274 e. The Labute approximate surface area is 127 Å². The molecule has 0 spiro atoms. The molecule has 0 unspecified atom stereocenters. The standard InChI is InChI=1S/C15H17N5O2/c21-14-2-1-12(9-18-14)11-19-5-7-20(8-6-19)15(22)13-10-16-3-4-17-13/h1-4,9-10H,5-8,11H2,(H,18,21). The summed E-state index contributed by atoms with van der Waals surface area (Å²) in [7, 11) is 0. The lowest BCUT2D eigenvalue weighted by Crippen LogP contribution is -2.48. The van der Waals surface area contributed by atoms with Crippen LogP contribution in [0.4, 0.5) is 0 Å². The summed E-state index contributed by atoms with van der Waals surface area (Å²) < 4.78 is 0. The zero-order valence-electron chi connectivity index (χ0n) is 12.1. The Balaban J connectivity index is 1.55. The van der Waals surface area contributed by atoms with Gasteiger partial charge in [0.15, 0.2) is 0 Å². The molecule has 3 rings (SSSR count). The lowest BCUT2D eigenvalue weighted by molar-refractivity contribution is 0.0622. The highest BCUT2D eigenvalue weighted by atomic mass is 16.2. The van der Waals surface area contributed by atoms with E-state index in [-0.39, 0.29) is 11.5 Å². The molecular formula is C15H17N5O2. The SMILES string of the molecule is O=C(c1cnccn1)N1CCN(Cc2ccc(=O)[nH]c2)CC1. The summed E-state index contributed by atoms with van der Waals surface area (Å²) >= 11 is 0. The molecule has 0 saturated carbocycles. The van der Waals surface area contributed by atoms with Gasteiger partial charge in [-0.15, -0.1) is 0 Å². The van der Waals surface area contributed by atoms with E-state index in [2.05, 4.69) is 19.9 Å². The van der Waals surface area contributed by atoms with Crippen LogP contribution in [0.25, 0.3) is 0 Å². The number of amides is 1. The molecule has 1 aliphatic heterocycles. The van der Waals surface area contributed by atoms with Gasteiger partial charge in [0.1, 0.15) is 5.69 Å². The van der Waals surface area contributed by atoms with Crippen LogP contribution < -0.4 is 5.56 Å². The van der Waals surface area contributed by atoms with Gasteiger partial charge in [-0.05, 0) is 5.56 Å². The lowest BCUT2D eigenvalue weighted by Gasteiger charge is -2.34. The van der Waals surface area contributed by atoms with Crippen LogP contribution in [0.1, 0.15) is 16.1 Å². The van der Waals surface area contributed by atoms with Crippen LogP contribution in [0.3, 0.4) is 0 Å². The molecule has 7 heteroatoms. The Morgan fingerprint density at radius 1 is 1.18 bits per heavy atom. The molecule has 1 aliphatic rings. The first-order valence-corrected chi connectivity index (χ1v) is 7.17. The van der Waals surface area contributed by atoms with Crippen molar-refractivity contribution in [2.24, 2.45) is 0 Å². The Kier molecular flexibility index (Phi) is 4.24. The minimum absolute atomic E-state index is 0.0724. The predicted octanol–water partition coefficient (Wildman–Crippen LogP) is 0.123. The second kappa shape index (κ2) is 6.48. The molecule has 1 amide bonds. The molecule has 7 nitrogen and oxygen atoms in total. The predicted molar refractivity (Wildman–Crippen MR) is 80.3 cm³/mol. The van der Waals surface area contributed by atoms with E-state index in [1.807, 2.05) is 6.07 Å². The van der Waals surface area contributed by atoms with E-state index in [0.717, 1.165) is 25.2 Å². The molecular weight excluding hydrogens is 282 g/mol. The second-order valence-electron chi connectivity index (χ2n) is 5.22. The number of nitrogens with zero attached hydrogens (tertiary/aromatic N) is 4. The third kappa shape index (κ3) is 3.37. The first-order valence-electron chi connectivity index (χ1n) is 7.17. The maximum Gasteiger partial charge on any atom is 0.274 e. The third-order valence-corrected chi connectivity index (χ3v) is 3.70. The fourth-order valence-electron chi connectivity index (χ4n) is 2.48. The third-order valence-electron chi connectivity index (χ3n) is 3.70. The Bertz CT molecular complexity index is 672. The van der Waals surface area contributed by atoms with Crippen molar-refractivity contribution in [3.63, 3.8) is 0 Å². The number of pyridine rings is 1.